The molecule has 0 amide bonds. The van der Waals surface area contributed by atoms with Crippen LogP contribution in [0, 0.1) is 6.92 Å². The SMILES string of the molecule is COc1ccc(Sc2nccc(C)c2C(=O)O)cc1. The van der Waals surface area contributed by atoms with Gasteiger partial charge in [0.1, 0.15) is 10.8 Å². The molecule has 0 atom stereocenters. The van der Waals surface area contributed by atoms with E-state index in [-0.39, 0.29) is 5.56 Å². The minimum absolute atomic E-state index is 0.253. The van der Waals surface area contributed by atoms with Gasteiger partial charge in [-0.15, -0.1) is 0 Å². The molecule has 4 nitrogen and oxygen atoms in total. The highest BCUT2D eigenvalue weighted by molar-refractivity contribution is 7.99. The van der Waals surface area contributed by atoms with E-state index < -0.39 is 5.97 Å². The van der Waals surface area contributed by atoms with Crippen molar-refractivity contribution in [1.29, 1.82) is 0 Å². The molecule has 1 heterocycles. The molecule has 0 radical (unpaired) electrons. The summed E-state index contributed by atoms with van der Waals surface area (Å²) in [6, 6.07) is 9.11. The summed E-state index contributed by atoms with van der Waals surface area (Å²) in [4.78, 5) is 16.3. The number of carboxylic acid groups (broad SMARTS) is 1. The van der Waals surface area contributed by atoms with E-state index in [4.69, 9.17) is 4.74 Å². The predicted molar refractivity (Wildman–Crippen MR) is 73.1 cm³/mol. The van der Waals surface area contributed by atoms with E-state index in [9.17, 15) is 9.90 Å². The van der Waals surface area contributed by atoms with E-state index >= 15 is 0 Å². The molecule has 0 aliphatic rings. The van der Waals surface area contributed by atoms with Gasteiger partial charge < -0.3 is 9.84 Å². The van der Waals surface area contributed by atoms with Crippen molar-refractivity contribution in [2.24, 2.45) is 0 Å². The third-order valence-electron chi connectivity index (χ3n) is 2.61. The number of benzene rings is 1. The van der Waals surface area contributed by atoms with Crippen LogP contribution in [0.1, 0.15) is 15.9 Å². The number of hydrogen-bond acceptors (Lipinski definition) is 4. The second kappa shape index (κ2) is 5.75. The van der Waals surface area contributed by atoms with Gasteiger partial charge in [0, 0.05) is 11.1 Å². The smallest absolute Gasteiger partial charge is 0.338 e. The molecule has 2 aromatic rings. The zero-order chi connectivity index (χ0) is 13.8. The predicted octanol–water partition coefficient (Wildman–Crippen LogP) is 3.25. The van der Waals surface area contributed by atoms with Crippen molar-refractivity contribution in [3.63, 3.8) is 0 Å². The Kier molecular flexibility index (Phi) is 4.06. The molecule has 0 saturated carbocycles. The Morgan fingerprint density at radius 3 is 2.53 bits per heavy atom. The molecule has 5 heteroatoms. The fraction of sp³-hybridized carbons (Fsp3) is 0.143. The molecule has 0 bridgehead atoms. The van der Waals surface area contributed by atoms with Crippen molar-refractivity contribution in [3.8, 4) is 5.75 Å². The van der Waals surface area contributed by atoms with Gasteiger partial charge in [-0.2, -0.15) is 0 Å². The Labute approximate surface area is 115 Å². The second-order valence-corrected chi connectivity index (χ2v) is 4.95. The van der Waals surface area contributed by atoms with Crippen LogP contribution < -0.4 is 4.74 Å². The van der Waals surface area contributed by atoms with Crippen LogP contribution in [-0.2, 0) is 0 Å². The lowest BCUT2D eigenvalue weighted by molar-refractivity contribution is 0.0691. The van der Waals surface area contributed by atoms with Gasteiger partial charge in [-0.05, 0) is 42.8 Å². The first-order chi connectivity index (χ1) is 9.11. The van der Waals surface area contributed by atoms with Gasteiger partial charge in [-0.1, -0.05) is 11.8 Å². The highest BCUT2D eigenvalue weighted by Gasteiger charge is 2.15. The van der Waals surface area contributed by atoms with E-state index in [1.54, 1.807) is 26.3 Å². The fourth-order valence-corrected chi connectivity index (χ4v) is 2.59. The molecule has 1 aromatic carbocycles. The lowest BCUT2D eigenvalue weighted by Gasteiger charge is -2.07. The molecule has 0 aliphatic carbocycles. The number of aromatic nitrogens is 1. The van der Waals surface area contributed by atoms with Crippen molar-refractivity contribution in [3.05, 3.63) is 47.7 Å². The van der Waals surface area contributed by atoms with Gasteiger partial charge in [-0.3, -0.25) is 0 Å². The Bertz CT molecular complexity index is 596. The van der Waals surface area contributed by atoms with Crippen LogP contribution in [0.3, 0.4) is 0 Å². The van der Waals surface area contributed by atoms with Crippen LogP contribution in [0.15, 0.2) is 46.5 Å². The number of aromatic carboxylic acids is 1. The molecule has 19 heavy (non-hydrogen) atoms. The first-order valence-corrected chi connectivity index (χ1v) is 6.44. The number of methoxy groups -OCH3 is 1. The van der Waals surface area contributed by atoms with Crippen molar-refractivity contribution >= 4 is 17.7 Å². The van der Waals surface area contributed by atoms with Crippen LogP contribution in [0.4, 0.5) is 0 Å². The quantitative estimate of drug-likeness (QED) is 0.928. The Hall–Kier alpha value is -2.01. The van der Waals surface area contributed by atoms with Crippen molar-refractivity contribution in [1.82, 2.24) is 4.98 Å². The molecule has 1 aromatic heterocycles. The van der Waals surface area contributed by atoms with Crippen LogP contribution in [0.25, 0.3) is 0 Å². The number of carboxylic acids is 1. The summed E-state index contributed by atoms with van der Waals surface area (Å²) in [5.74, 6) is -0.193. The molecule has 2 rings (SSSR count). The summed E-state index contributed by atoms with van der Waals surface area (Å²) in [6.45, 7) is 1.77. The van der Waals surface area contributed by atoms with Gasteiger partial charge in [0.05, 0.1) is 12.7 Å². The maximum absolute atomic E-state index is 11.3. The minimum Gasteiger partial charge on any atom is -0.497 e. The number of nitrogens with zero attached hydrogens (tertiary/aromatic N) is 1. The maximum atomic E-state index is 11.3. The Balaban J connectivity index is 2.32. The summed E-state index contributed by atoms with van der Waals surface area (Å²) >= 11 is 1.33. The summed E-state index contributed by atoms with van der Waals surface area (Å²) in [7, 11) is 1.60. The van der Waals surface area contributed by atoms with E-state index in [0.29, 0.717) is 10.6 Å². The standard InChI is InChI=1S/C14H13NO3S/c1-9-7-8-15-13(12(9)14(16)17)19-11-5-3-10(18-2)4-6-11/h3-8H,1-2H3,(H,16,17). The van der Waals surface area contributed by atoms with E-state index in [1.165, 1.54) is 11.8 Å². The molecule has 98 valence electrons. The summed E-state index contributed by atoms with van der Waals surface area (Å²) < 4.78 is 5.08. The second-order valence-electron chi connectivity index (χ2n) is 3.89. The van der Waals surface area contributed by atoms with Crippen molar-refractivity contribution in [2.45, 2.75) is 16.8 Å². The summed E-state index contributed by atoms with van der Waals surface area (Å²) in [5.41, 5.74) is 0.960. The molecule has 0 unspecified atom stereocenters. The average molecular weight is 275 g/mol. The normalized spacial score (nSPS) is 10.2. The average Bonchev–Trinajstić information content (AvgIpc) is 2.39. The highest BCUT2D eigenvalue weighted by atomic mass is 32.2. The zero-order valence-electron chi connectivity index (χ0n) is 10.6. The van der Waals surface area contributed by atoms with Crippen LogP contribution in [-0.4, -0.2) is 23.2 Å². The lowest BCUT2D eigenvalue weighted by Crippen LogP contribution is -2.03. The maximum Gasteiger partial charge on any atom is 0.338 e. The molecule has 0 saturated heterocycles. The van der Waals surface area contributed by atoms with Crippen LogP contribution >= 0.6 is 11.8 Å². The van der Waals surface area contributed by atoms with E-state index in [1.807, 2.05) is 24.3 Å². The number of rotatable bonds is 4. The summed E-state index contributed by atoms with van der Waals surface area (Å²) in [6.07, 6.45) is 1.62. The third-order valence-corrected chi connectivity index (χ3v) is 3.62. The first kappa shape index (κ1) is 13.4. The molecular formula is C14H13NO3S. The van der Waals surface area contributed by atoms with Gasteiger partial charge in [0.2, 0.25) is 0 Å². The number of hydrogen-bond donors (Lipinski definition) is 1. The van der Waals surface area contributed by atoms with Crippen LogP contribution in [0.2, 0.25) is 0 Å². The summed E-state index contributed by atoms with van der Waals surface area (Å²) in [5, 5.41) is 9.73. The number of carbonyl (C=O) groups is 1. The van der Waals surface area contributed by atoms with Gasteiger partial charge in [0.15, 0.2) is 0 Å². The van der Waals surface area contributed by atoms with E-state index in [2.05, 4.69) is 4.98 Å². The Morgan fingerprint density at radius 2 is 1.95 bits per heavy atom. The van der Waals surface area contributed by atoms with Crippen molar-refractivity contribution in [2.75, 3.05) is 7.11 Å². The number of aryl methyl sites for hydroxylation is 1. The molecular weight excluding hydrogens is 262 g/mol. The molecule has 1 N–H and O–H groups in total. The largest absolute Gasteiger partial charge is 0.497 e. The molecule has 0 spiro atoms. The Morgan fingerprint density at radius 1 is 1.26 bits per heavy atom. The number of ether oxygens (including phenoxy) is 1. The molecule has 0 fully saturated rings. The van der Waals surface area contributed by atoms with Crippen LogP contribution in [0.5, 0.6) is 5.75 Å². The topological polar surface area (TPSA) is 59.4 Å². The third kappa shape index (κ3) is 3.06. The fourth-order valence-electron chi connectivity index (χ4n) is 1.63. The zero-order valence-corrected chi connectivity index (χ0v) is 11.4. The lowest BCUT2D eigenvalue weighted by atomic mass is 10.2. The van der Waals surface area contributed by atoms with Gasteiger partial charge in [0.25, 0.3) is 0 Å². The number of pyridine rings is 1. The molecule has 0 aliphatic heterocycles. The minimum atomic E-state index is -0.957. The van der Waals surface area contributed by atoms with E-state index in [0.717, 1.165) is 10.6 Å². The highest BCUT2D eigenvalue weighted by Crippen LogP contribution is 2.31. The van der Waals surface area contributed by atoms with Gasteiger partial charge in [-0.25, -0.2) is 9.78 Å². The van der Waals surface area contributed by atoms with Crippen molar-refractivity contribution < 1.29 is 14.6 Å². The van der Waals surface area contributed by atoms with Gasteiger partial charge >= 0.3 is 5.97 Å². The first-order valence-electron chi connectivity index (χ1n) is 5.62. The monoisotopic (exact) mass is 275 g/mol.